The van der Waals surface area contributed by atoms with E-state index in [0.717, 1.165) is 23.6 Å². The van der Waals surface area contributed by atoms with Gasteiger partial charge in [0, 0.05) is 28.9 Å². The van der Waals surface area contributed by atoms with Gasteiger partial charge in [-0.1, -0.05) is 37.9 Å². The summed E-state index contributed by atoms with van der Waals surface area (Å²) in [5.74, 6) is 0.466. The van der Waals surface area contributed by atoms with Gasteiger partial charge in [-0.15, -0.1) is 11.6 Å². The highest BCUT2D eigenvalue weighted by atomic mass is 35.5. The van der Waals surface area contributed by atoms with Crippen LogP contribution in [-0.4, -0.2) is 12.6 Å². The molecule has 0 aliphatic rings. The summed E-state index contributed by atoms with van der Waals surface area (Å²) >= 11 is 12.3. The van der Waals surface area contributed by atoms with Crippen molar-refractivity contribution in [3.63, 3.8) is 0 Å². The van der Waals surface area contributed by atoms with Crippen LogP contribution in [0.4, 0.5) is 5.69 Å². The second-order valence-corrected chi connectivity index (χ2v) is 5.35. The molecule has 0 fully saturated rings. The molecule has 0 N–H and O–H groups in total. The Morgan fingerprint density at radius 3 is 2.56 bits per heavy atom. The number of unbranched alkanes of at least 4 members (excludes halogenated alkanes) is 1. The highest BCUT2D eigenvalue weighted by Gasteiger charge is 2.17. The molecule has 0 heterocycles. The van der Waals surface area contributed by atoms with Gasteiger partial charge in [0.25, 0.3) is 0 Å². The Bertz CT molecular complexity index is 366. The molecule has 0 saturated heterocycles. The molecule has 3 heteroatoms. The van der Waals surface area contributed by atoms with Crippen LogP contribution >= 0.6 is 23.2 Å². The average Bonchev–Trinajstić information content (AvgIpc) is 2.39. The first-order valence-corrected chi connectivity index (χ1v) is 7.66. The van der Waals surface area contributed by atoms with Crippen LogP contribution in [0.2, 0.25) is 5.02 Å². The van der Waals surface area contributed by atoms with Crippen molar-refractivity contribution in [3.8, 4) is 0 Å². The summed E-state index contributed by atoms with van der Waals surface area (Å²) < 4.78 is 0. The summed E-state index contributed by atoms with van der Waals surface area (Å²) in [7, 11) is 0. The van der Waals surface area contributed by atoms with E-state index in [1.54, 1.807) is 0 Å². The van der Waals surface area contributed by atoms with Crippen LogP contribution in [0.5, 0.6) is 0 Å². The maximum Gasteiger partial charge on any atom is 0.0509 e. The Balaban J connectivity index is 3.07. The third kappa shape index (κ3) is 3.80. The minimum absolute atomic E-state index is 0.466. The van der Waals surface area contributed by atoms with Gasteiger partial charge in [-0.3, -0.25) is 0 Å². The van der Waals surface area contributed by atoms with E-state index in [1.807, 2.05) is 12.1 Å². The molecule has 0 bridgehead atoms. The summed E-state index contributed by atoms with van der Waals surface area (Å²) in [6.07, 6.45) is 3.51. The first kappa shape index (κ1) is 15.7. The number of hydrogen-bond donors (Lipinski definition) is 0. The highest BCUT2D eigenvalue weighted by Crippen LogP contribution is 2.31. The van der Waals surface area contributed by atoms with Crippen LogP contribution < -0.4 is 4.90 Å². The number of benzene rings is 1. The second kappa shape index (κ2) is 7.91. The number of halogens is 2. The van der Waals surface area contributed by atoms with E-state index in [4.69, 9.17) is 23.2 Å². The van der Waals surface area contributed by atoms with E-state index >= 15 is 0 Å². The topological polar surface area (TPSA) is 3.24 Å². The van der Waals surface area contributed by atoms with Crippen LogP contribution in [0.3, 0.4) is 0 Å². The van der Waals surface area contributed by atoms with Crippen molar-refractivity contribution in [3.05, 3.63) is 28.8 Å². The molecule has 1 nitrogen and oxygen atoms in total. The lowest BCUT2D eigenvalue weighted by Crippen LogP contribution is -2.34. The van der Waals surface area contributed by atoms with Gasteiger partial charge in [0.1, 0.15) is 0 Å². The predicted molar refractivity (Wildman–Crippen MR) is 83.0 cm³/mol. The van der Waals surface area contributed by atoms with Gasteiger partial charge in [0.15, 0.2) is 0 Å². The zero-order valence-electron chi connectivity index (χ0n) is 11.5. The molecule has 1 unspecified atom stereocenters. The van der Waals surface area contributed by atoms with E-state index < -0.39 is 0 Å². The van der Waals surface area contributed by atoms with Crippen molar-refractivity contribution in [2.45, 2.75) is 52.0 Å². The van der Waals surface area contributed by atoms with Crippen molar-refractivity contribution < 1.29 is 0 Å². The Labute approximate surface area is 121 Å². The molecule has 0 radical (unpaired) electrons. The molecule has 18 heavy (non-hydrogen) atoms. The molecule has 0 spiro atoms. The lowest BCUT2D eigenvalue weighted by Gasteiger charge is -2.32. The summed E-state index contributed by atoms with van der Waals surface area (Å²) in [4.78, 5) is 2.44. The van der Waals surface area contributed by atoms with E-state index in [2.05, 4.69) is 31.7 Å². The first-order chi connectivity index (χ1) is 8.65. The minimum Gasteiger partial charge on any atom is -0.369 e. The third-order valence-corrected chi connectivity index (χ3v) is 4.03. The minimum atomic E-state index is 0.466. The van der Waals surface area contributed by atoms with Crippen LogP contribution in [0.25, 0.3) is 0 Å². The third-order valence-electron chi connectivity index (χ3n) is 3.41. The average molecular weight is 288 g/mol. The monoisotopic (exact) mass is 287 g/mol. The molecule has 1 aromatic rings. The molecule has 0 amide bonds. The molecule has 102 valence electrons. The standard InChI is InChI=1S/C15H23Cl2N/c1-4-6-10-18(12(3)5-2)15-9-7-8-14(17)13(15)11-16/h7-9,12H,4-6,10-11H2,1-3H3. The van der Waals surface area contributed by atoms with Crippen molar-refractivity contribution in [2.24, 2.45) is 0 Å². The van der Waals surface area contributed by atoms with Gasteiger partial charge < -0.3 is 4.90 Å². The Morgan fingerprint density at radius 1 is 1.28 bits per heavy atom. The fourth-order valence-electron chi connectivity index (χ4n) is 2.08. The lowest BCUT2D eigenvalue weighted by atomic mass is 10.1. The number of hydrogen-bond acceptors (Lipinski definition) is 1. The van der Waals surface area contributed by atoms with Gasteiger partial charge in [0.05, 0.1) is 5.88 Å². The maximum absolute atomic E-state index is 6.24. The van der Waals surface area contributed by atoms with Crippen molar-refractivity contribution >= 4 is 28.9 Å². The summed E-state index contributed by atoms with van der Waals surface area (Å²) in [5.41, 5.74) is 2.25. The van der Waals surface area contributed by atoms with Gasteiger partial charge >= 0.3 is 0 Å². The van der Waals surface area contributed by atoms with Crippen molar-refractivity contribution in [1.29, 1.82) is 0 Å². The molecule has 0 aliphatic carbocycles. The smallest absolute Gasteiger partial charge is 0.0509 e. The largest absolute Gasteiger partial charge is 0.369 e. The quantitative estimate of drug-likeness (QED) is 0.600. The number of anilines is 1. The number of rotatable bonds is 7. The Kier molecular flexibility index (Phi) is 6.88. The summed E-state index contributed by atoms with van der Waals surface area (Å²) in [6.45, 7) is 7.76. The first-order valence-electron chi connectivity index (χ1n) is 6.75. The Hall–Kier alpha value is -0.400. The Morgan fingerprint density at radius 2 is 2.00 bits per heavy atom. The molecule has 1 atom stereocenters. The molecule has 1 aromatic carbocycles. The molecular weight excluding hydrogens is 265 g/mol. The fraction of sp³-hybridized carbons (Fsp3) is 0.600. The van der Waals surface area contributed by atoms with Crippen LogP contribution in [0, 0.1) is 0 Å². The second-order valence-electron chi connectivity index (χ2n) is 4.68. The maximum atomic E-state index is 6.24. The van der Waals surface area contributed by atoms with Crippen LogP contribution in [-0.2, 0) is 5.88 Å². The molecule has 0 aliphatic heterocycles. The zero-order chi connectivity index (χ0) is 13.5. The zero-order valence-corrected chi connectivity index (χ0v) is 13.1. The summed E-state index contributed by atoms with van der Waals surface area (Å²) in [5, 5.41) is 0.771. The molecular formula is C15H23Cl2N. The molecule has 1 rings (SSSR count). The molecule has 0 saturated carbocycles. The van der Waals surface area contributed by atoms with E-state index in [1.165, 1.54) is 18.5 Å². The SMILES string of the molecule is CCCCN(c1cccc(Cl)c1CCl)C(C)CC. The number of nitrogens with zero attached hydrogens (tertiary/aromatic N) is 1. The van der Waals surface area contributed by atoms with Crippen LogP contribution in [0.1, 0.15) is 45.6 Å². The van der Waals surface area contributed by atoms with Crippen molar-refractivity contribution in [2.75, 3.05) is 11.4 Å². The lowest BCUT2D eigenvalue weighted by molar-refractivity contribution is 0.594. The van der Waals surface area contributed by atoms with Crippen molar-refractivity contribution in [1.82, 2.24) is 0 Å². The van der Waals surface area contributed by atoms with Gasteiger partial charge in [-0.05, 0) is 31.9 Å². The molecule has 0 aromatic heterocycles. The van der Waals surface area contributed by atoms with E-state index in [9.17, 15) is 0 Å². The van der Waals surface area contributed by atoms with Gasteiger partial charge in [-0.25, -0.2) is 0 Å². The van der Waals surface area contributed by atoms with E-state index in [-0.39, 0.29) is 0 Å². The van der Waals surface area contributed by atoms with Gasteiger partial charge in [-0.2, -0.15) is 0 Å². The van der Waals surface area contributed by atoms with Crippen LogP contribution in [0.15, 0.2) is 18.2 Å². The van der Waals surface area contributed by atoms with E-state index in [0.29, 0.717) is 11.9 Å². The number of alkyl halides is 1. The summed E-state index contributed by atoms with van der Waals surface area (Å²) in [6, 6.07) is 6.56. The fourth-order valence-corrected chi connectivity index (χ4v) is 2.66. The van der Waals surface area contributed by atoms with Gasteiger partial charge in [0.2, 0.25) is 0 Å². The normalized spacial score (nSPS) is 12.5. The highest BCUT2D eigenvalue weighted by molar-refractivity contribution is 6.32. The predicted octanol–water partition coefficient (Wildman–Crippen LogP) is 5.48.